The summed E-state index contributed by atoms with van der Waals surface area (Å²) in [5.74, 6) is -4.39. The molecule has 0 aromatic carbocycles. The van der Waals surface area contributed by atoms with E-state index in [2.05, 4.69) is 13.8 Å². The van der Waals surface area contributed by atoms with Crippen molar-refractivity contribution in [3.63, 3.8) is 0 Å². The highest BCUT2D eigenvalue weighted by molar-refractivity contribution is 5.82. The summed E-state index contributed by atoms with van der Waals surface area (Å²) in [4.78, 5) is 26.9. The van der Waals surface area contributed by atoms with Crippen molar-refractivity contribution in [2.24, 2.45) is 23.7 Å². The second kappa shape index (κ2) is 6.90. The zero-order valence-electron chi connectivity index (χ0n) is 14.2. The smallest absolute Gasteiger partial charge is 0.393 e. The highest BCUT2D eigenvalue weighted by Gasteiger charge is 2.53. The van der Waals surface area contributed by atoms with Gasteiger partial charge in [0, 0.05) is 26.2 Å². The first-order valence-electron chi connectivity index (χ1n) is 8.33. The van der Waals surface area contributed by atoms with Gasteiger partial charge in [-0.15, -0.1) is 0 Å². The van der Waals surface area contributed by atoms with Gasteiger partial charge >= 0.3 is 12.1 Å². The number of hydrogen-bond acceptors (Lipinski definition) is 3. The molecule has 0 bridgehead atoms. The monoisotopic (exact) mass is 350 g/mol. The quantitative estimate of drug-likeness (QED) is 0.847. The largest absolute Gasteiger partial charge is 0.481 e. The zero-order valence-corrected chi connectivity index (χ0v) is 14.2. The van der Waals surface area contributed by atoms with Gasteiger partial charge in [0.2, 0.25) is 5.91 Å². The van der Waals surface area contributed by atoms with Gasteiger partial charge in [-0.1, -0.05) is 13.8 Å². The number of amides is 1. The number of carbonyl (C=O) groups excluding carboxylic acids is 1. The zero-order chi connectivity index (χ0) is 18.2. The molecular formula is C16H25F3N2O3. The van der Waals surface area contributed by atoms with Crippen LogP contribution in [0.2, 0.25) is 0 Å². The molecule has 5 atom stereocenters. The van der Waals surface area contributed by atoms with Gasteiger partial charge in [0.15, 0.2) is 0 Å². The van der Waals surface area contributed by atoms with E-state index in [4.69, 9.17) is 5.11 Å². The Kier molecular flexibility index (Phi) is 5.47. The van der Waals surface area contributed by atoms with E-state index in [1.165, 1.54) is 4.90 Å². The van der Waals surface area contributed by atoms with E-state index >= 15 is 0 Å². The number of carboxylic acid groups (broad SMARTS) is 1. The Hall–Kier alpha value is -1.31. The average Bonchev–Trinajstić information content (AvgIpc) is 2.90. The molecule has 2 aliphatic heterocycles. The van der Waals surface area contributed by atoms with E-state index in [0.29, 0.717) is 24.9 Å². The fourth-order valence-electron chi connectivity index (χ4n) is 4.00. The van der Waals surface area contributed by atoms with Crippen molar-refractivity contribution in [2.45, 2.75) is 39.4 Å². The fourth-order valence-corrected chi connectivity index (χ4v) is 4.00. The van der Waals surface area contributed by atoms with Gasteiger partial charge < -0.3 is 10.0 Å². The van der Waals surface area contributed by atoms with Crippen molar-refractivity contribution < 1.29 is 27.9 Å². The average molecular weight is 350 g/mol. The van der Waals surface area contributed by atoms with Gasteiger partial charge in [-0.25, -0.2) is 0 Å². The third-order valence-corrected chi connectivity index (χ3v) is 5.17. The van der Waals surface area contributed by atoms with Crippen molar-refractivity contribution in [3.8, 4) is 0 Å². The lowest BCUT2D eigenvalue weighted by molar-refractivity contribution is -0.188. The van der Waals surface area contributed by atoms with Gasteiger partial charge in [0.1, 0.15) is 0 Å². The SMILES string of the molecule is CC1CC(C)CN(C(=O)C(C)N2C[C@@H](C(F)(F)F)[C@H](C(=O)O)C2)C1. The second-order valence-corrected chi connectivity index (χ2v) is 7.41. The summed E-state index contributed by atoms with van der Waals surface area (Å²) in [5, 5.41) is 9.08. The first-order chi connectivity index (χ1) is 11.0. The first kappa shape index (κ1) is 19.0. The first-order valence-corrected chi connectivity index (χ1v) is 8.33. The summed E-state index contributed by atoms with van der Waals surface area (Å²) >= 11 is 0. The van der Waals surface area contributed by atoms with E-state index in [1.54, 1.807) is 11.8 Å². The van der Waals surface area contributed by atoms with Crippen LogP contribution in [0.4, 0.5) is 13.2 Å². The van der Waals surface area contributed by atoms with E-state index in [9.17, 15) is 22.8 Å². The molecule has 138 valence electrons. The Labute approximate surface area is 139 Å². The van der Waals surface area contributed by atoms with Gasteiger partial charge in [0.05, 0.1) is 17.9 Å². The van der Waals surface area contributed by atoms with Crippen molar-refractivity contribution in [1.29, 1.82) is 0 Å². The molecule has 2 rings (SSSR count). The molecule has 2 heterocycles. The number of piperidine rings is 1. The van der Waals surface area contributed by atoms with Crippen LogP contribution in [-0.2, 0) is 9.59 Å². The summed E-state index contributed by atoms with van der Waals surface area (Å²) in [6.07, 6.45) is -3.55. The molecule has 1 amide bonds. The van der Waals surface area contributed by atoms with Crippen LogP contribution in [0.25, 0.3) is 0 Å². The molecule has 2 fully saturated rings. The molecule has 2 saturated heterocycles. The van der Waals surface area contributed by atoms with E-state index in [1.807, 2.05) is 0 Å². The van der Waals surface area contributed by atoms with Gasteiger partial charge in [0.25, 0.3) is 0 Å². The summed E-state index contributed by atoms with van der Waals surface area (Å²) in [6, 6.07) is -0.739. The molecule has 0 aromatic rings. The van der Waals surface area contributed by atoms with Crippen LogP contribution in [0.3, 0.4) is 0 Å². The summed E-state index contributed by atoms with van der Waals surface area (Å²) in [7, 11) is 0. The standard InChI is InChI=1S/C16H25F3N2O3/c1-9-4-10(2)6-21(5-9)14(22)11(3)20-7-12(15(23)24)13(8-20)16(17,18)19/h9-13H,4-8H2,1-3H3,(H,23,24)/t9?,10?,11?,12-,13-/m1/s1. The maximum Gasteiger partial charge on any atom is 0.393 e. The third-order valence-electron chi connectivity index (χ3n) is 5.17. The minimum Gasteiger partial charge on any atom is -0.481 e. The van der Waals surface area contributed by atoms with Crippen LogP contribution in [0, 0.1) is 23.7 Å². The lowest BCUT2D eigenvalue weighted by Gasteiger charge is -2.38. The Morgan fingerprint density at radius 1 is 1.08 bits per heavy atom. The Morgan fingerprint density at radius 3 is 2.04 bits per heavy atom. The summed E-state index contributed by atoms with van der Waals surface area (Å²) in [6.45, 7) is 6.20. The number of alkyl halides is 3. The van der Waals surface area contributed by atoms with Crippen molar-refractivity contribution >= 4 is 11.9 Å². The number of rotatable bonds is 3. The number of carbonyl (C=O) groups is 2. The molecule has 8 heteroatoms. The Bertz CT molecular complexity index is 487. The molecule has 0 spiro atoms. The number of hydrogen-bond donors (Lipinski definition) is 1. The van der Waals surface area contributed by atoms with Crippen LogP contribution in [0.15, 0.2) is 0 Å². The predicted octanol–water partition coefficient (Wildman–Crippen LogP) is 2.07. The second-order valence-electron chi connectivity index (χ2n) is 7.41. The third kappa shape index (κ3) is 4.02. The normalized spacial score (nSPS) is 33.5. The molecule has 3 unspecified atom stereocenters. The van der Waals surface area contributed by atoms with E-state index in [0.717, 1.165) is 6.42 Å². The minimum atomic E-state index is -4.57. The molecular weight excluding hydrogens is 325 g/mol. The number of carboxylic acids is 1. The molecule has 0 aliphatic carbocycles. The molecule has 0 aromatic heterocycles. The topological polar surface area (TPSA) is 60.9 Å². The number of aliphatic carboxylic acids is 1. The highest BCUT2D eigenvalue weighted by atomic mass is 19.4. The molecule has 5 nitrogen and oxygen atoms in total. The lowest BCUT2D eigenvalue weighted by Crippen LogP contribution is -2.51. The number of halogens is 3. The molecule has 24 heavy (non-hydrogen) atoms. The Balaban J connectivity index is 2.08. The van der Waals surface area contributed by atoms with Crippen molar-refractivity contribution in [3.05, 3.63) is 0 Å². The van der Waals surface area contributed by atoms with Crippen LogP contribution < -0.4 is 0 Å². The Morgan fingerprint density at radius 2 is 1.62 bits per heavy atom. The van der Waals surface area contributed by atoms with Gasteiger partial charge in [-0.3, -0.25) is 14.5 Å². The van der Waals surface area contributed by atoms with Crippen molar-refractivity contribution in [1.82, 2.24) is 9.80 Å². The summed E-state index contributed by atoms with van der Waals surface area (Å²) < 4.78 is 39.2. The lowest BCUT2D eigenvalue weighted by atomic mass is 9.91. The predicted molar refractivity (Wildman–Crippen MR) is 81.2 cm³/mol. The van der Waals surface area contributed by atoms with Gasteiger partial charge in [-0.2, -0.15) is 13.2 Å². The minimum absolute atomic E-state index is 0.208. The maximum atomic E-state index is 13.1. The fraction of sp³-hybridized carbons (Fsp3) is 0.875. The van der Waals surface area contributed by atoms with E-state index < -0.39 is 36.6 Å². The van der Waals surface area contributed by atoms with Crippen LogP contribution in [-0.4, -0.2) is 65.2 Å². The van der Waals surface area contributed by atoms with E-state index in [-0.39, 0.29) is 12.5 Å². The maximum absolute atomic E-state index is 13.1. The number of likely N-dealkylation sites (tertiary alicyclic amines) is 2. The molecule has 1 N–H and O–H groups in total. The van der Waals surface area contributed by atoms with Crippen LogP contribution in [0.5, 0.6) is 0 Å². The van der Waals surface area contributed by atoms with Gasteiger partial charge in [-0.05, 0) is 25.2 Å². The number of nitrogens with zero attached hydrogens (tertiary/aromatic N) is 2. The summed E-state index contributed by atoms with van der Waals surface area (Å²) in [5.41, 5.74) is 0. The molecule has 0 saturated carbocycles. The van der Waals surface area contributed by atoms with Crippen molar-refractivity contribution in [2.75, 3.05) is 26.2 Å². The highest BCUT2D eigenvalue weighted by Crippen LogP contribution is 2.38. The van der Waals surface area contributed by atoms with Crippen LogP contribution >= 0.6 is 0 Å². The van der Waals surface area contributed by atoms with Crippen LogP contribution in [0.1, 0.15) is 27.2 Å². The molecule has 0 radical (unpaired) electrons. The molecule has 2 aliphatic rings.